The van der Waals surface area contributed by atoms with Crippen LogP contribution in [0.15, 0.2) is 5.51 Å². The standard InChI is InChI=1S/C7H9N3O3S/c11-5(2-1-3-6(12)13)9-7-10-8-4-14-7/h4H,1-3H2,(H,12,13)(H,9,10,11)/p-1. The van der Waals surface area contributed by atoms with Crippen LogP contribution < -0.4 is 10.4 Å². The number of amides is 1. The van der Waals surface area contributed by atoms with Gasteiger partial charge in [-0.3, -0.25) is 4.79 Å². The average Bonchev–Trinajstić information content (AvgIpc) is 2.56. The fourth-order valence-corrected chi connectivity index (χ4v) is 1.26. The summed E-state index contributed by atoms with van der Waals surface area (Å²) in [5.41, 5.74) is 1.50. The lowest BCUT2D eigenvalue weighted by atomic mass is 10.2. The topological polar surface area (TPSA) is 95.0 Å². The van der Waals surface area contributed by atoms with Crippen molar-refractivity contribution >= 4 is 28.3 Å². The molecule has 1 rings (SSSR count). The molecule has 0 aromatic carbocycles. The number of aliphatic carboxylic acids is 1. The highest BCUT2D eigenvalue weighted by atomic mass is 32.1. The van der Waals surface area contributed by atoms with Crippen LogP contribution in [0.2, 0.25) is 0 Å². The van der Waals surface area contributed by atoms with Gasteiger partial charge in [-0.05, 0) is 12.8 Å². The average molecular weight is 214 g/mol. The van der Waals surface area contributed by atoms with Crippen molar-refractivity contribution in [2.24, 2.45) is 0 Å². The van der Waals surface area contributed by atoms with E-state index >= 15 is 0 Å². The third kappa shape index (κ3) is 3.94. The maximum absolute atomic E-state index is 11.1. The molecular weight excluding hydrogens is 206 g/mol. The molecule has 0 fully saturated rings. The van der Waals surface area contributed by atoms with Crippen LogP contribution in [-0.4, -0.2) is 22.1 Å². The third-order valence-corrected chi connectivity index (χ3v) is 2.00. The number of nitrogens with zero attached hydrogens (tertiary/aromatic N) is 2. The number of nitrogens with one attached hydrogen (secondary N) is 1. The highest BCUT2D eigenvalue weighted by Gasteiger charge is 2.03. The van der Waals surface area contributed by atoms with E-state index < -0.39 is 5.97 Å². The Labute approximate surface area is 84.0 Å². The first-order valence-corrected chi connectivity index (χ1v) is 4.82. The van der Waals surface area contributed by atoms with E-state index in [2.05, 4.69) is 15.5 Å². The number of aromatic nitrogens is 2. The van der Waals surface area contributed by atoms with Gasteiger partial charge in [0.25, 0.3) is 0 Å². The highest BCUT2D eigenvalue weighted by molar-refractivity contribution is 7.13. The summed E-state index contributed by atoms with van der Waals surface area (Å²) in [6.07, 6.45) is 0.310. The fraction of sp³-hybridized carbons (Fsp3) is 0.429. The maximum atomic E-state index is 11.1. The molecule has 0 spiro atoms. The van der Waals surface area contributed by atoms with E-state index in [4.69, 9.17) is 0 Å². The molecule has 0 atom stereocenters. The van der Waals surface area contributed by atoms with Gasteiger partial charge in [-0.15, -0.1) is 10.2 Å². The monoisotopic (exact) mass is 214 g/mol. The summed E-state index contributed by atoms with van der Waals surface area (Å²) in [5, 5.41) is 20.1. The Kier molecular flexibility index (Phi) is 3.99. The van der Waals surface area contributed by atoms with Crippen molar-refractivity contribution in [3.63, 3.8) is 0 Å². The van der Waals surface area contributed by atoms with Crippen molar-refractivity contribution < 1.29 is 14.7 Å². The summed E-state index contributed by atoms with van der Waals surface area (Å²) in [7, 11) is 0. The molecule has 0 unspecified atom stereocenters. The zero-order valence-corrected chi connectivity index (χ0v) is 8.04. The van der Waals surface area contributed by atoms with Gasteiger partial charge < -0.3 is 15.2 Å². The normalized spacial score (nSPS) is 9.71. The Morgan fingerprint density at radius 1 is 1.50 bits per heavy atom. The van der Waals surface area contributed by atoms with Crippen molar-refractivity contribution in [2.75, 3.05) is 5.32 Å². The Morgan fingerprint density at radius 2 is 2.29 bits per heavy atom. The number of rotatable bonds is 5. The van der Waals surface area contributed by atoms with Gasteiger partial charge in [0, 0.05) is 12.4 Å². The lowest BCUT2D eigenvalue weighted by Crippen LogP contribution is -2.22. The smallest absolute Gasteiger partial charge is 0.226 e. The lowest BCUT2D eigenvalue weighted by molar-refractivity contribution is -0.305. The predicted octanol–water partition coefficient (Wildman–Crippen LogP) is -0.603. The van der Waals surface area contributed by atoms with Crippen LogP contribution in [0.3, 0.4) is 0 Å². The molecule has 1 amide bonds. The predicted molar refractivity (Wildman–Crippen MR) is 47.4 cm³/mol. The van der Waals surface area contributed by atoms with E-state index in [1.165, 1.54) is 16.8 Å². The van der Waals surface area contributed by atoms with Gasteiger partial charge in [0.1, 0.15) is 5.51 Å². The van der Waals surface area contributed by atoms with Gasteiger partial charge in [0.05, 0.1) is 0 Å². The molecule has 1 aromatic heterocycles. The second-order valence-electron chi connectivity index (χ2n) is 2.52. The summed E-state index contributed by atoms with van der Waals surface area (Å²) in [4.78, 5) is 21.1. The van der Waals surface area contributed by atoms with Gasteiger partial charge in [-0.1, -0.05) is 11.3 Å². The molecule has 0 aliphatic heterocycles. The van der Waals surface area contributed by atoms with Crippen molar-refractivity contribution in [1.82, 2.24) is 10.2 Å². The minimum absolute atomic E-state index is 0.108. The Morgan fingerprint density at radius 3 is 2.86 bits per heavy atom. The first-order chi connectivity index (χ1) is 6.68. The molecule has 7 heteroatoms. The number of carboxylic acid groups (broad SMARTS) is 1. The van der Waals surface area contributed by atoms with Crippen LogP contribution in [-0.2, 0) is 9.59 Å². The van der Waals surface area contributed by atoms with Gasteiger partial charge >= 0.3 is 0 Å². The molecule has 14 heavy (non-hydrogen) atoms. The van der Waals surface area contributed by atoms with E-state index in [-0.39, 0.29) is 25.2 Å². The minimum atomic E-state index is -1.14. The molecule has 0 radical (unpaired) electrons. The number of hydrogen-bond acceptors (Lipinski definition) is 6. The van der Waals surface area contributed by atoms with Crippen LogP contribution in [0.4, 0.5) is 5.13 Å². The van der Waals surface area contributed by atoms with E-state index in [9.17, 15) is 14.7 Å². The summed E-state index contributed by atoms with van der Waals surface area (Å²) < 4.78 is 0. The van der Waals surface area contributed by atoms with Crippen molar-refractivity contribution in [1.29, 1.82) is 0 Å². The Hall–Kier alpha value is -1.50. The van der Waals surface area contributed by atoms with Gasteiger partial charge in [0.2, 0.25) is 11.0 Å². The van der Waals surface area contributed by atoms with Crippen LogP contribution in [0.1, 0.15) is 19.3 Å². The first kappa shape index (κ1) is 10.6. The molecule has 1 aromatic rings. The molecular formula is C7H8N3O3S-. The second-order valence-corrected chi connectivity index (χ2v) is 3.35. The number of carboxylic acids is 1. The third-order valence-electron chi connectivity index (χ3n) is 1.39. The Balaban J connectivity index is 2.20. The highest BCUT2D eigenvalue weighted by Crippen LogP contribution is 2.08. The van der Waals surface area contributed by atoms with Crippen molar-refractivity contribution in [3.8, 4) is 0 Å². The number of anilines is 1. The lowest BCUT2D eigenvalue weighted by Gasteiger charge is -2.01. The molecule has 1 N–H and O–H groups in total. The Bertz CT molecular complexity index is 312. The maximum Gasteiger partial charge on any atom is 0.226 e. The summed E-state index contributed by atoms with van der Waals surface area (Å²) in [6.45, 7) is 0. The van der Waals surface area contributed by atoms with Gasteiger partial charge in [-0.2, -0.15) is 0 Å². The molecule has 6 nitrogen and oxygen atoms in total. The van der Waals surface area contributed by atoms with Crippen LogP contribution in [0.25, 0.3) is 0 Å². The first-order valence-electron chi connectivity index (χ1n) is 3.94. The van der Waals surface area contributed by atoms with Gasteiger partial charge in [0.15, 0.2) is 0 Å². The van der Waals surface area contributed by atoms with Crippen molar-refractivity contribution in [3.05, 3.63) is 5.51 Å². The van der Waals surface area contributed by atoms with E-state index in [0.29, 0.717) is 5.13 Å². The molecule has 0 saturated heterocycles. The van der Waals surface area contributed by atoms with Crippen LogP contribution in [0, 0.1) is 0 Å². The SMILES string of the molecule is O=C([O-])CCCC(=O)Nc1nncs1. The zero-order valence-electron chi connectivity index (χ0n) is 7.23. The van der Waals surface area contributed by atoms with E-state index in [1.54, 1.807) is 0 Å². The minimum Gasteiger partial charge on any atom is -0.550 e. The molecule has 0 saturated carbocycles. The molecule has 76 valence electrons. The summed E-state index contributed by atoms with van der Waals surface area (Å²) >= 11 is 1.21. The quantitative estimate of drug-likeness (QED) is 0.706. The molecule has 0 bridgehead atoms. The molecule has 1 heterocycles. The largest absolute Gasteiger partial charge is 0.550 e. The van der Waals surface area contributed by atoms with E-state index in [1.807, 2.05) is 0 Å². The van der Waals surface area contributed by atoms with Crippen LogP contribution >= 0.6 is 11.3 Å². The molecule has 0 aliphatic rings. The van der Waals surface area contributed by atoms with Crippen molar-refractivity contribution in [2.45, 2.75) is 19.3 Å². The number of carbonyl (C=O) groups excluding carboxylic acids is 2. The molecule has 0 aliphatic carbocycles. The zero-order chi connectivity index (χ0) is 10.4. The van der Waals surface area contributed by atoms with Crippen LogP contribution in [0.5, 0.6) is 0 Å². The van der Waals surface area contributed by atoms with E-state index in [0.717, 1.165) is 0 Å². The fourth-order valence-electron chi connectivity index (χ4n) is 0.803. The summed E-state index contributed by atoms with van der Waals surface area (Å²) in [5.74, 6) is -1.41. The van der Waals surface area contributed by atoms with Gasteiger partial charge in [-0.25, -0.2) is 0 Å². The number of carbonyl (C=O) groups is 2. The number of hydrogen-bond donors (Lipinski definition) is 1. The second kappa shape index (κ2) is 5.28. The summed E-state index contributed by atoms with van der Waals surface area (Å²) in [6, 6.07) is 0.